The first-order valence-corrected chi connectivity index (χ1v) is 10.9. The van der Waals surface area contributed by atoms with E-state index in [2.05, 4.69) is 15.5 Å². The Hall–Kier alpha value is -4.14. The van der Waals surface area contributed by atoms with Crippen LogP contribution < -0.4 is 5.32 Å². The maximum atomic E-state index is 12.6. The number of rotatable bonds is 7. The van der Waals surface area contributed by atoms with Crippen molar-refractivity contribution in [2.45, 2.75) is 6.42 Å². The molecular formula is C21H14N6O3S2. The molecule has 0 aliphatic carbocycles. The zero-order valence-electron chi connectivity index (χ0n) is 16.3. The minimum atomic E-state index is -0.595. The number of amides is 1. The molecule has 1 N–H and O–H groups in total. The smallest absolute Gasteiger partial charge is 0.269 e. The van der Waals surface area contributed by atoms with Crippen molar-refractivity contribution in [3.05, 3.63) is 91.4 Å². The highest BCUT2D eigenvalue weighted by molar-refractivity contribution is 7.15. The summed E-state index contributed by atoms with van der Waals surface area (Å²) in [4.78, 5) is 24.1. The van der Waals surface area contributed by atoms with E-state index in [1.165, 1.54) is 29.5 Å². The molecule has 0 aliphatic heterocycles. The Morgan fingerprint density at radius 3 is 2.72 bits per heavy atom. The summed E-state index contributed by atoms with van der Waals surface area (Å²) in [6, 6.07) is 15.3. The van der Waals surface area contributed by atoms with E-state index in [-0.39, 0.29) is 11.3 Å². The fraction of sp³-hybridized carbons (Fsp3) is 0.0476. The van der Waals surface area contributed by atoms with Crippen LogP contribution in [0.5, 0.6) is 0 Å². The van der Waals surface area contributed by atoms with E-state index in [0.29, 0.717) is 22.9 Å². The van der Waals surface area contributed by atoms with Crippen molar-refractivity contribution in [3.8, 4) is 11.8 Å². The first-order valence-electron chi connectivity index (χ1n) is 9.23. The Kier molecular flexibility index (Phi) is 6.16. The molecule has 158 valence electrons. The van der Waals surface area contributed by atoms with Gasteiger partial charge < -0.3 is 4.57 Å². The van der Waals surface area contributed by atoms with E-state index in [1.54, 1.807) is 46.4 Å². The van der Waals surface area contributed by atoms with Gasteiger partial charge in [-0.2, -0.15) is 5.26 Å². The second kappa shape index (κ2) is 9.34. The third kappa shape index (κ3) is 4.77. The van der Waals surface area contributed by atoms with Crippen LogP contribution in [0.15, 0.2) is 65.7 Å². The number of aromatic nitrogens is 3. The van der Waals surface area contributed by atoms with Gasteiger partial charge in [-0.25, -0.2) is 0 Å². The lowest BCUT2D eigenvalue weighted by Crippen LogP contribution is -2.13. The molecule has 32 heavy (non-hydrogen) atoms. The molecule has 0 fully saturated rings. The van der Waals surface area contributed by atoms with Gasteiger partial charge in [0.2, 0.25) is 5.13 Å². The van der Waals surface area contributed by atoms with Crippen molar-refractivity contribution in [1.82, 2.24) is 14.8 Å². The summed E-state index contributed by atoms with van der Waals surface area (Å²) in [5.74, 6) is -0.595. The Bertz CT molecular complexity index is 1330. The van der Waals surface area contributed by atoms with Crippen molar-refractivity contribution >= 4 is 45.5 Å². The van der Waals surface area contributed by atoms with Crippen LogP contribution in [0.4, 0.5) is 10.8 Å². The van der Waals surface area contributed by atoms with E-state index < -0.39 is 10.8 Å². The number of thiophene rings is 1. The summed E-state index contributed by atoms with van der Waals surface area (Å²) < 4.78 is 1.72. The fourth-order valence-corrected chi connectivity index (χ4v) is 4.44. The molecule has 0 bridgehead atoms. The maximum Gasteiger partial charge on any atom is 0.269 e. The Balaban J connectivity index is 1.51. The number of anilines is 1. The molecule has 4 rings (SSSR count). The van der Waals surface area contributed by atoms with Gasteiger partial charge in [0.05, 0.1) is 4.92 Å². The van der Waals surface area contributed by atoms with Crippen LogP contribution in [0.25, 0.3) is 11.8 Å². The van der Waals surface area contributed by atoms with Gasteiger partial charge in [-0.3, -0.25) is 20.2 Å². The maximum absolute atomic E-state index is 12.6. The lowest BCUT2D eigenvalue weighted by Gasteiger charge is -2.07. The van der Waals surface area contributed by atoms with Crippen LogP contribution in [0.3, 0.4) is 0 Å². The number of nitrogens with zero attached hydrogens (tertiary/aromatic N) is 5. The van der Waals surface area contributed by atoms with Crippen molar-refractivity contribution in [3.63, 3.8) is 0 Å². The van der Waals surface area contributed by atoms with Crippen molar-refractivity contribution in [2.75, 3.05) is 5.32 Å². The molecule has 0 saturated carbocycles. The standard InChI is InChI=1S/C21H14N6O3S2/c22-13-14(20(28)23-21-25-24-19(32-21)12-18-4-2-10-31-18)11-17-3-1-9-26(17)15-5-7-16(8-6-15)27(29)30/h1-11H,12H2,(H,23,25,28). The van der Waals surface area contributed by atoms with Gasteiger partial charge in [0, 0.05) is 41.0 Å². The first-order chi connectivity index (χ1) is 15.5. The van der Waals surface area contributed by atoms with E-state index in [4.69, 9.17) is 0 Å². The predicted molar refractivity (Wildman–Crippen MR) is 122 cm³/mol. The topological polar surface area (TPSA) is 127 Å². The number of hydrogen-bond donors (Lipinski definition) is 1. The van der Waals surface area contributed by atoms with Crippen molar-refractivity contribution in [1.29, 1.82) is 5.26 Å². The molecule has 9 nitrogen and oxygen atoms in total. The Labute approximate surface area is 190 Å². The number of nitro groups is 1. The third-order valence-corrected chi connectivity index (χ3v) is 6.08. The van der Waals surface area contributed by atoms with Crippen LogP contribution in [0.1, 0.15) is 15.6 Å². The number of carbonyl (C=O) groups excluding carboxylic acids is 1. The lowest BCUT2D eigenvalue weighted by atomic mass is 10.2. The van der Waals surface area contributed by atoms with Gasteiger partial charge in [0.25, 0.3) is 11.6 Å². The molecule has 1 amide bonds. The van der Waals surface area contributed by atoms with Gasteiger partial charge in [0.15, 0.2) is 0 Å². The molecule has 11 heteroatoms. The first kappa shape index (κ1) is 21.1. The minimum absolute atomic E-state index is 0.0226. The average molecular weight is 463 g/mol. The molecule has 3 aromatic heterocycles. The molecule has 0 unspecified atom stereocenters. The molecule has 0 atom stereocenters. The number of nitro benzene ring substituents is 1. The number of nitrogens with one attached hydrogen (secondary N) is 1. The van der Waals surface area contributed by atoms with Gasteiger partial charge in [0.1, 0.15) is 16.6 Å². The SMILES string of the molecule is N#CC(=Cc1cccn1-c1ccc([N+](=O)[O-])cc1)C(=O)Nc1nnc(Cc2cccs2)s1. The molecule has 3 heterocycles. The quantitative estimate of drug-likeness (QED) is 0.187. The zero-order valence-corrected chi connectivity index (χ0v) is 18.0. The van der Waals surface area contributed by atoms with Crippen LogP contribution in [-0.4, -0.2) is 25.6 Å². The van der Waals surface area contributed by atoms with Gasteiger partial charge in [-0.1, -0.05) is 17.4 Å². The highest BCUT2D eigenvalue weighted by Crippen LogP contribution is 2.22. The Morgan fingerprint density at radius 1 is 1.22 bits per heavy atom. The predicted octanol–water partition coefficient (Wildman–Crippen LogP) is 4.43. The van der Waals surface area contributed by atoms with Gasteiger partial charge in [-0.05, 0) is 41.8 Å². The van der Waals surface area contributed by atoms with Crippen LogP contribution >= 0.6 is 22.7 Å². The highest BCUT2D eigenvalue weighted by Gasteiger charge is 2.15. The lowest BCUT2D eigenvalue weighted by molar-refractivity contribution is -0.384. The number of non-ortho nitro benzene ring substituents is 1. The monoisotopic (exact) mass is 462 g/mol. The fourth-order valence-electron chi connectivity index (χ4n) is 2.88. The summed E-state index contributed by atoms with van der Waals surface area (Å²) in [6.07, 6.45) is 3.82. The second-order valence-electron chi connectivity index (χ2n) is 6.46. The van der Waals surface area contributed by atoms with Crippen LogP contribution in [0.2, 0.25) is 0 Å². The number of hydrogen-bond acceptors (Lipinski definition) is 8. The number of benzene rings is 1. The van der Waals surface area contributed by atoms with Gasteiger partial charge in [-0.15, -0.1) is 21.5 Å². The van der Waals surface area contributed by atoms with Crippen molar-refractivity contribution in [2.24, 2.45) is 0 Å². The average Bonchev–Trinajstić information content (AvgIpc) is 3.55. The van der Waals surface area contributed by atoms with E-state index in [1.807, 2.05) is 23.6 Å². The molecule has 0 spiro atoms. The molecule has 0 radical (unpaired) electrons. The normalized spacial score (nSPS) is 11.2. The van der Waals surface area contributed by atoms with Crippen LogP contribution in [0, 0.1) is 21.4 Å². The number of carbonyl (C=O) groups is 1. The van der Waals surface area contributed by atoms with Gasteiger partial charge >= 0.3 is 0 Å². The van der Waals surface area contributed by atoms with E-state index >= 15 is 0 Å². The van der Waals surface area contributed by atoms with Crippen molar-refractivity contribution < 1.29 is 9.72 Å². The minimum Gasteiger partial charge on any atom is -0.317 e. The summed E-state index contributed by atoms with van der Waals surface area (Å²) in [5.41, 5.74) is 1.10. The summed E-state index contributed by atoms with van der Waals surface area (Å²) >= 11 is 2.87. The Morgan fingerprint density at radius 2 is 2.03 bits per heavy atom. The molecular weight excluding hydrogens is 448 g/mol. The molecule has 4 aromatic rings. The van der Waals surface area contributed by atoms with E-state index in [9.17, 15) is 20.2 Å². The zero-order chi connectivity index (χ0) is 22.5. The third-order valence-electron chi connectivity index (χ3n) is 4.37. The summed E-state index contributed by atoms with van der Waals surface area (Å²) in [7, 11) is 0. The van der Waals surface area contributed by atoms with E-state index in [0.717, 1.165) is 9.88 Å². The number of nitriles is 1. The molecule has 0 saturated heterocycles. The second-order valence-corrected chi connectivity index (χ2v) is 8.55. The molecule has 1 aromatic carbocycles. The van der Waals surface area contributed by atoms with Crippen LogP contribution in [-0.2, 0) is 11.2 Å². The summed E-state index contributed by atoms with van der Waals surface area (Å²) in [5, 5.41) is 34.1. The summed E-state index contributed by atoms with van der Waals surface area (Å²) in [6.45, 7) is 0. The largest absolute Gasteiger partial charge is 0.317 e. The highest BCUT2D eigenvalue weighted by atomic mass is 32.1. The molecule has 0 aliphatic rings.